The normalized spacial score (nSPS) is 14.1. The maximum atomic E-state index is 8.79. The first kappa shape index (κ1) is 9.42. The smallest absolute Gasteiger partial charge is 0.160 e. The highest BCUT2D eigenvalue weighted by Crippen LogP contribution is 2.05. The van der Waals surface area contributed by atoms with Crippen LogP contribution in [0.4, 0.5) is 0 Å². The Morgan fingerprint density at radius 3 is 1.91 bits per heavy atom. The number of hydrogen-bond acceptors (Lipinski definition) is 4. The number of hydrogen-bond donors (Lipinski definition) is 4. The fraction of sp³-hybridized carbons (Fsp3) is 0.143. The van der Waals surface area contributed by atoms with E-state index in [4.69, 9.17) is 20.4 Å². The molecule has 0 fully saturated rings. The highest BCUT2D eigenvalue weighted by atomic mass is 16.3. The van der Waals surface area contributed by atoms with Gasteiger partial charge < -0.3 is 20.4 Å². The molecule has 0 bridgehead atoms. The predicted octanol–water partition coefficient (Wildman–Crippen LogP) is 1.85. The van der Waals surface area contributed by atoms with Crippen molar-refractivity contribution in [3.05, 3.63) is 35.7 Å². The summed E-state index contributed by atoms with van der Waals surface area (Å²) in [6.07, 6.45) is 0.789. The van der Waals surface area contributed by atoms with Crippen LogP contribution in [0.2, 0.25) is 0 Å². The van der Waals surface area contributed by atoms with Gasteiger partial charge in [0, 0.05) is 6.08 Å². The molecule has 0 aromatic carbocycles. The highest BCUT2D eigenvalue weighted by molar-refractivity contribution is 5.24. The van der Waals surface area contributed by atoms with Crippen molar-refractivity contribution in [2.24, 2.45) is 0 Å². The molecule has 0 rings (SSSR count). The van der Waals surface area contributed by atoms with Gasteiger partial charge in [-0.15, -0.1) is 0 Å². The van der Waals surface area contributed by atoms with Crippen molar-refractivity contribution in [1.29, 1.82) is 0 Å². The molecule has 62 valence electrons. The number of rotatable bonds is 2. The Labute approximate surface area is 64.0 Å². The minimum absolute atomic E-state index is 0.349. The van der Waals surface area contributed by atoms with Crippen LogP contribution in [0, 0.1) is 0 Å². The molecular weight excluding hydrogens is 148 g/mol. The van der Waals surface area contributed by atoms with E-state index in [0.29, 0.717) is 0 Å². The Morgan fingerprint density at radius 1 is 1.18 bits per heavy atom. The monoisotopic (exact) mass is 158 g/mol. The second kappa shape index (κ2) is 3.55. The van der Waals surface area contributed by atoms with E-state index in [-0.39, 0.29) is 5.76 Å². The lowest BCUT2D eigenvalue weighted by molar-refractivity contribution is 0.313. The van der Waals surface area contributed by atoms with E-state index < -0.39 is 17.3 Å². The van der Waals surface area contributed by atoms with Crippen LogP contribution in [0.25, 0.3) is 0 Å². The van der Waals surface area contributed by atoms with Gasteiger partial charge in [0.25, 0.3) is 0 Å². The van der Waals surface area contributed by atoms with Gasteiger partial charge in [-0.3, -0.25) is 0 Å². The van der Waals surface area contributed by atoms with Crippen LogP contribution < -0.4 is 0 Å². The molecule has 0 saturated carbocycles. The number of aliphatic hydroxyl groups is 4. The van der Waals surface area contributed by atoms with Crippen LogP contribution in [0.15, 0.2) is 35.7 Å². The molecule has 0 aliphatic rings. The summed E-state index contributed by atoms with van der Waals surface area (Å²) >= 11 is 0. The van der Waals surface area contributed by atoms with Gasteiger partial charge in [0.1, 0.15) is 11.5 Å². The van der Waals surface area contributed by atoms with Crippen LogP contribution in [-0.4, -0.2) is 20.4 Å². The lowest BCUT2D eigenvalue weighted by atomic mass is 10.3. The molecule has 0 unspecified atom stereocenters. The minimum atomic E-state index is -0.587. The van der Waals surface area contributed by atoms with Crippen molar-refractivity contribution in [2.75, 3.05) is 0 Å². The quantitative estimate of drug-likeness (QED) is 0.365. The van der Waals surface area contributed by atoms with Crippen LogP contribution in [0.1, 0.15) is 6.92 Å². The lowest BCUT2D eigenvalue weighted by Crippen LogP contribution is -1.88. The van der Waals surface area contributed by atoms with Crippen LogP contribution in [-0.2, 0) is 0 Å². The van der Waals surface area contributed by atoms with Gasteiger partial charge >= 0.3 is 0 Å². The molecule has 11 heavy (non-hydrogen) atoms. The lowest BCUT2D eigenvalue weighted by Gasteiger charge is -1.96. The molecule has 4 nitrogen and oxygen atoms in total. The molecule has 0 heterocycles. The summed E-state index contributed by atoms with van der Waals surface area (Å²) in [7, 11) is 0. The maximum Gasteiger partial charge on any atom is 0.160 e. The molecule has 0 aliphatic carbocycles. The van der Waals surface area contributed by atoms with Crippen LogP contribution in [0.3, 0.4) is 0 Å². The summed E-state index contributed by atoms with van der Waals surface area (Å²) in [6.45, 7) is 4.22. The van der Waals surface area contributed by atoms with Gasteiger partial charge in [0.2, 0.25) is 0 Å². The Bertz CT molecular complexity index is 221. The summed E-state index contributed by atoms with van der Waals surface area (Å²) in [5, 5.41) is 34.7. The van der Waals surface area contributed by atoms with Crippen molar-refractivity contribution < 1.29 is 20.4 Å². The average Bonchev–Trinajstić information content (AvgIpc) is 1.87. The van der Waals surface area contributed by atoms with Gasteiger partial charge in [-0.05, 0) is 6.92 Å². The largest absolute Gasteiger partial charge is 0.509 e. The summed E-state index contributed by atoms with van der Waals surface area (Å²) in [4.78, 5) is 0. The van der Waals surface area contributed by atoms with E-state index in [1.807, 2.05) is 0 Å². The molecule has 4 N–H and O–H groups in total. The van der Waals surface area contributed by atoms with Crippen molar-refractivity contribution in [3.8, 4) is 0 Å². The van der Waals surface area contributed by atoms with Crippen molar-refractivity contribution in [1.82, 2.24) is 0 Å². The Hall–Kier alpha value is -1.58. The zero-order chi connectivity index (χ0) is 9.02. The summed E-state index contributed by atoms with van der Waals surface area (Å²) in [5.41, 5.74) is 0. The Kier molecular flexibility index (Phi) is 3.04. The highest BCUT2D eigenvalue weighted by Gasteiger charge is 1.99. The average molecular weight is 158 g/mol. The Balaban J connectivity index is 4.58. The SMILES string of the molecule is C=C(O)/C(O)=C\C(O)=C(/C)O. The summed E-state index contributed by atoms with van der Waals surface area (Å²) in [5.74, 6) is -2.02. The third-order valence-corrected chi connectivity index (χ3v) is 0.940. The van der Waals surface area contributed by atoms with E-state index >= 15 is 0 Å². The maximum absolute atomic E-state index is 8.79. The van der Waals surface area contributed by atoms with Crippen molar-refractivity contribution in [2.45, 2.75) is 6.92 Å². The second-order valence-corrected chi connectivity index (χ2v) is 1.95. The van der Waals surface area contributed by atoms with E-state index in [2.05, 4.69) is 6.58 Å². The zero-order valence-corrected chi connectivity index (χ0v) is 6.07. The summed E-state index contributed by atoms with van der Waals surface area (Å²) in [6, 6.07) is 0. The van der Waals surface area contributed by atoms with Gasteiger partial charge in [0.05, 0.1) is 0 Å². The fourth-order valence-corrected chi connectivity index (χ4v) is 0.317. The molecule has 0 radical (unpaired) electrons. The van der Waals surface area contributed by atoms with Crippen molar-refractivity contribution >= 4 is 0 Å². The molecule has 0 amide bonds. The standard InChI is InChI=1S/C7H10O4/c1-4(8)6(10)3-7(11)5(2)9/h3,8-11H,1H2,2H3/b6-3+,7-5-. The van der Waals surface area contributed by atoms with Crippen molar-refractivity contribution in [3.63, 3.8) is 0 Å². The van der Waals surface area contributed by atoms with Gasteiger partial charge in [-0.1, -0.05) is 6.58 Å². The molecular formula is C7H10O4. The topological polar surface area (TPSA) is 80.9 Å². The third-order valence-electron chi connectivity index (χ3n) is 0.940. The molecule has 0 aromatic heterocycles. The minimum Gasteiger partial charge on any atom is -0.509 e. The molecule has 0 saturated heterocycles. The molecule has 0 aliphatic heterocycles. The number of aliphatic hydroxyl groups excluding tert-OH is 4. The molecule has 0 aromatic rings. The number of allylic oxidation sites excluding steroid dienone is 2. The summed E-state index contributed by atoms with van der Waals surface area (Å²) < 4.78 is 0. The molecule has 4 heteroatoms. The zero-order valence-electron chi connectivity index (χ0n) is 6.07. The van der Waals surface area contributed by atoms with E-state index in [1.165, 1.54) is 6.92 Å². The second-order valence-electron chi connectivity index (χ2n) is 1.95. The van der Waals surface area contributed by atoms with Gasteiger partial charge in [0.15, 0.2) is 11.5 Å². The van der Waals surface area contributed by atoms with Gasteiger partial charge in [-0.25, -0.2) is 0 Å². The first-order valence-corrected chi connectivity index (χ1v) is 2.83. The molecule has 0 spiro atoms. The van der Waals surface area contributed by atoms with E-state index in [0.717, 1.165) is 6.08 Å². The fourth-order valence-electron chi connectivity index (χ4n) is 0.317. The van der Waals surface area contributed by atoms with Crippen LogP contribution in [0.5, 0.6) is 0 Å². The Morgan fingerprint density at radius 2 is 1.64 bits per heavy atom. The third kappa shape index (κ3) is 3.20. The first-order chi connectivity index (χ1) is 4.95. The van der Waals surface area contributed by atoms with E-state index in [9.17, 15) is 0 Å². The van der Waals surface area contributed by atoms with Gasteiger partial charge in [-0.2, -0.15) is 0 Å². The molecule has 0 atom stereocenters. The van der Waals surface area contributed by atoms with Crippen LogP contribution >= 0.6 is 0 Å². The predicted molar refractivity (Wildman–Crippen MR) is 40.4 cm³/mol. The van der Waals surface area contributed by atoms with E-state index in [1.54, 1.807) is 0 Å². The first-order valence-electron chi connectivity index (χ1n) is 2.83.